The number of hydrogen-bond donors (Lipinski definition) is 2. The third kappa shape index (κ3) is 1.52. The van der Waals surface area contributed by atoms with Crippen molar-refractivity contribution in [2.75, 3.05) is 0 Å². The van der Waals surface area contributed by atoms with E-state index in [1.807, 2.05) is 17.5 Å². The molecule has 68 valence electrons. The molecule has 0 aliphatic carbocycles. The standard InChI is InChI=1S/C9H7BrOS2/c10-6-1-2-7-8(9(6)12)5(3-11)4-13-7/h1-2,4,11-12H,3H2. The second-order valence-corrected chi connectivity index (χ2v) is 4.90. The molecule has 1 heterocycles. The molecule has 2 aromatic rings. The fourth-order valence-corrected chi connectivity index (χ4v) is 2.97. The van der Waals surface area contributed by atoms with E-state index in [9.17, 15) is 0 Å². The van der Waals surface area contributed by atoms with E-state index in [4.69, 9.17) is 5.11 Å². The van der Waals surface area contributed by atoms with Crippen molar-refractivity contribution in [3.63, 3.8) is 0 Å². The molecule has 0 saturated carbocycles. The van der Waals surface area contributed by atoms with Crippen molar-refractivity contribution in [2.45, 2.75) is 11.5 Å². The van der Waals surface area contributed by atoms with Gasteiger partial charge in [0.2, 0.25) is 0 Å². The summed E-state index contributed by atoms with van der Waals surface area (Å²) in [7, 11) is 0. The van der Waals surface area contributed by atoms with Gasteiger partial charge in [-0.3, -0.25) is 0 Å². The normalized spacial score (nSPS) is 11.0. The van der Waals surface area contributed by atoms with Gasteiger partial charge in [-0.15, -0.1) is 24.0 Å². The molecule has 0 aliphatic heterocycles. The molecule has 1 nitrogen and oxygen atoms in total. The summed E-state index contributed by atoms with van der Waals surface area (Å²) < 4.78 is 2.13. The maximum absolute atomic E-state index is 9.10. The molecular weight excluding hydrogens is 268 g/mol. The molecule has 0 unspecified atom stereocenters. The fraction of sp³-hybridized carbons (Fsp3) is 0.111. The minimum absolute atomic E-state index is 0.0734. The number of thiophene rings is 1. The van der Waals surface area contributed by atoms with Gasteiger partial charge in [-0.05, 0) is 39.0 Å². The zero-order chi connectivity index (χ0) is 9.42. The van der Waals surface area contributed by atoms with Gasteiger partial charge in [0.15, 0.2) is 0 Å². The van der Waals surface area contributed by atoms with Crippen LogP contribution in [-0.4, -0.2) is 5.11 Å². The molecule has 1 aromatic heterocycles. The van der Waals surface area contributed by atoms with E-state index in [2.05, 4.69) is 28.6 Å². The summed E-state index contributed by atoms with van der Waals surface area (Å²) in [6, 6.07) is 4.01. The van der Waals surface area contributed by atoms with E-state index in [-0.39, 0.29) is 6.61 Å². The lowest BCUT2D eigenvalue weighted by Gasteiger charge is -2.00. The summed E-state index contributed by atoms with van der Waals surface area (Å²) in [6.45, 7) is 0.0734. The summed E-state index contributed by atoms with van der Waals surface area (Å²) in [5.74, 6) is 0. The molecule has 0 radical (unpaired) electrons. The first-order valence-corrected chi connectivity index (χ1v) is 5.84. The lowest BCUT2D eigenvalue weighted by atomic mass is 10.2. The van der Waals surface area contributed by atoms with Gasteiger partial charge in [0.25, 0.3) is 0 Å². The SMILES string of the molecule is OCc1csc2ccc(Br)c(S)c12. The Balaban J connectivity index is 2.85. The van der Waals surface area contributed by atoms with Crippen molar-refractivity contribution < 1.29 is 5.11 Å². The molecule has 1 aromatic carbocycles. The van der Waals surface area contributed by atoms with Gasteiger partial charge >= 0.3 is 0 Å². The van der Waals surface area contributed by atoms with Gasteiger partial charge < -0.3 is 5.11 Å². The summed E-state index contributed by atoms with van der Waals surface area (Å²) in [5.41, 5.74) is 0.950. The molecule has 0 fully saturated rings. The van der Waals surface area contributed by atoms with E-state index < -0.39 is 0 Å². The molecular formula is C9H7BrOS2. The Bertz CT molecular complexity index is 450. The maximum atomic E-state index is 9.10. The lowest BCUT2D eigenvalue weighted by Crippen LogP contribution is -1.81. The minimum atomic E-state index is 0.0734. The lowest BCUT2D eigenvalue weighted by molar-refractivity contribution is 0.283. The van der Waals surface area contributed by atoms with E-state index in [1.54, 1.807) is 11.3 Å². The zero-order valence-electron chi connectivity index (χ0n) is 6.62. The van der Waals surface area contributed by atoms with Crippen molar-refractivity contribution in [1.82, 2.24) is 0 Å². The number of aliphatic hydroxyl groups is 1. The van der Waals surface area contributed by atoms with Crippen LogP contribution in [0.4, 0.5) is 0 Å². The predicted octanol–water partition coefficient (Wildman–Crippen LogP) is 3.44. The molecule has 2 rings (SSSR count). The third-order valence-electron chi connectivity index (χ3n) is 1.91. The van der Waals surface area contributed by atoms with Gasteiger partial charge in [0.05, 0.1) is 6.61 Å². The van der Waals surface area contributed by atoms with Gasteiger partial charge in [-0.2, -0.15) is 0 Å². The predicted molar refractivity (Wildman–Crippen MR) is 62.7 cm³/mol. The highest BCUT2D eigenvalue weighted by Gasteiger charge is 2.08. The minimum Gasteiger partial charge on any atom is -0.392 e. The van der Waals surface area contributed by atoms with Crippen LogP contribution in [0.2, 0.25) is 0 Å². The number of benzene rings is 1. The molecule has 0 amide bonds. The van der Waals surface area contributed by atoms with Crippen LogP contribution < -0.4 is 0 Å². The fourth-order valence-electron chi connectivity index (χ4n) is 1.27. The Kier molecular flexibility index (Phi) is 2.65. The Morgan fingerprint density at radius 1 is 1.46 bits per heavy atom. The first-order chi connectivity index (χ1) is 6.24. The number of halogens is 1. The zero-order valence-corrected chi connectivity index (χ0v) is 9.92. The van der Waals surface area contributed by atoms with E-state index >= 15 is 0 Å². The van der Waals surface area contributed by atoms with Crippen molar-refractivity contribution in [2.24, 2.45) is 0 Å². The molecule has 1 N–H and O–H groups in total. The van der Waals surface area contributed by atoms with Gasteiger partial charge in [-0.25, -0.2) is 0 Å². The van der Waals surface area contributed by atoms with Crippen molar-refractivity contribution in [3.05, 3.63) is 27.5 Å². The van der Waals surface area contributed by atoms with Gasteiger partial charge in [0.1, 0.15) is 0 Å². The number of aliphatic hydroxyl groups excluding tert-OH is 1. The van der Waals surface area contributed by atoms with E-state index in [0.717, 1.165) is 25.0 Å². The average molecular weight is 275 g/mol. The van der Waals surface area contributed by atoms with Gasteiger partial charge in [0, 0.05) is 19.5 Å². The van der Waals surface area contributed by atoms with Crippen LogP contribution >= 0.6 is 39.9 Å². The topological polar surface area (TPSA) is 20.2 Å². The molecule has 13 heavy (non-hydrogen) atoms. The monoisotopic (exact) mass is 274 g/mol. The quantitative estimate of drug-likeness (QED) is 0.764. The third-order valence-corrected chi connectivity index (χ3v) is 4.34. The highest BCUT2D eigenvalue weighted by molar-refractivity contribution is 9.10. The van der Waals surface area contributed by atoms with Crippen molar-refractivity contribution >= 4 is 50.0 Å². The van der Waals surface area contributed by atoms with Crippen molar-refractivity contribution in [1.29, 1.82) is 0 Å². The average Bonchev–Trinajstić information content (AvgIpc) is 2.55. The number of thiol groups is 1. The number of hydrogen-bond acceptors (Lipinski definition) is 3. The largest absolute Gasteiger partial charge is 0.392 e. The van der Waals surface area contributed by atoms with Crippen LogP contribution in [0.3, 0.4) is 0 Å². The van der Waals surface area contributed by atoms with E-state index in [0.29, 0.717) is 0 Å². The molecule has 0 bridgehead atoms. The second kappa shape index (κ2) is 3.61. The first-order valence-electron chi connectivity index (χ1n) is 3.72. The number of rotatable bonds is 1. The van der Waals surface area contributed by atoms with Crippen molar-refractivity contribution in [3.8, 4) is 0 Å². The second-order valence-electron chi connectivity index (χ2n) is 2.69. The van der Waals surface area contributed by atoms with Gasteiger partial charge in [-0.1, -0.05) is 0 Å². The van der Waals surface area contributed by atoms with Crippen LogP contribution in [0.1, 0.15) is 5.56 Å². The van der Waals surface area contributed by atoms with Crippen LogP contribution in [0.25, 0.3) is 10.1 Å². The van der Waals surface area contributed by atoms with Crippen LogP contribution in [0.5, 0.6) is 0 Å². The maximum Gasteiger partial charge on any atom is 0.0696 e. The Hall–Kier alpha value is -0.0300. The Morgan fingerprint density at radius 3 is 2.92 bits per heavy atom. The summed E-state index contributed by atoms with van der Waals surface area (Å²) in [5, 5.41) is 12.1. The number of fused-ring (bicyclic) bond motifs is 1. The smallest absolute Gasteiger partial charge is 0.0696 e. The first kappa shape index (κ1) is 9.52. The van der Waals surface area contributed by atoms with Crippen LogP contribution in [0.15, 0.2) is 26.9 Å². The van der Waals surface area contributed by atoms with Crippen LogP contribution in [-0.2, 0) is 6.61 Å². The Labute approximate surface area is 93.9 Å². The highest BCUT2D eigenvalue weighted by atomic mass is 79.9. The summed E-state index contributed by atoms with van der Waals surface area (Å²) >= 11 is 9.44. The molecule has 0 atom stereocenters. The molecule has 0 spiro atoms. The highest BCUT2D eigenvalue weighted by Crippen LogP contribution is 2.35. The molecule has 4 heteroatoms. The van der Waals surface area contributed by atoms with E-state index in [1.165, 1.54) is 0 Å². The van der Waals surface area contributed by atoms with Crippen LogP contribution in [0, 0.1) is 0 Å². The summed E-state index contributed by atoms with van der Waals surface area (Å²) in [6.07, 6.45) is 0. The Morgan fingerprint density at radius 2 is 2.23 bits per heavy atom. The summed E-state index contributed by atoms with van der Waals surface area (Å²) in [4.78, 5) is 0.905. The molecule has 0 aliphatic rings. The molecule has 0 saturated heterocycles.